The molecule has 0 radical (unpaired) electrons. The quantitative estimate of drug-likeness (QED) is 0.770. The average Bonchev–Trinajstić information content (AvgIpc) is 3.30. The molecule has 7 nitrogen and oxygen atoms in total. The van der Waals surface area contributed by atoms with Crippen LogP contribution in [0.1, 0.15) is 29.9 Å². The average molecular weight is 369 g/mol. The predicted molar refractivity (Wildman–Crippen MR) is 96.8 cm³/mol. The van der Waals surface area contributed by atoms with Crippen molar-refractivity contribution in [3.05, 3.63) is 70.5 Å². The van der Waals surface area contributed by atoms with E-state index in [1.807, 2.05) is 55.5 Å². The molecule has 0 saturated carbocycles. The molecule has 4 rings (SSSR count). The lowest BCUT2D eigenvalue weighted by Crippen LogP contribution is -2.38. The first kappa shape index (κ1) is 16.5. The third-order valence-corrected chi connectivity index (χ3v) is 4.79. The van der Waals surface area contributed by atoms with E-state index in [0.29, 0.717) is 23.9 Å². The number of benzene rings is 2. The molecular formula is C18H17ClN6O. The Morgan fingerprint density at radius 2 is 1.96 bits per heavy atom. The van der Waals surface area contributed by atoms with Gasteiger partial charge in [-0.05, 0) is 46.7 Å². The summed E-state index contributed by atoms with van der Waals surface area (Å²) in [4.78, 5) is 14.4. The number of nitrogens with one attached hydrogen (secondary N) is 1. The SMILES string of the molecule is CC(NC(=O)N1Cc2cccc(Cl)c2C1)c1nnnn1-c1ccccc1. The zero-order chi connectivity index (χ0) is 18.1. The van der Waals surface area contributed by atoms with Gasteiger partial charge in [-0.1, -0.05) is 41.9 Å². The molecular weight excluding hydrogens is 352 g/mol. The lowest BCUT2D eigenvalue weighted by atomic mass is 10.1. The predicted octanol–water partition coefficient (Wildman–Crippen LogP) is 3.10. The van der Waals surface area contributed by atoms with E-state index in [2.05, 4.69) is 20.8 Å². The largest absolute Gasteiger partial charge is 0.328 e. The Labute approximate surface area is 155 Å². The van der Waals surface area contributed by atoms with Crippen molar-refractivity contribution in [1.82, 2.24) is 30.4 Å². The summed E-state index contributed by atoms with van der Waals surface area (Å²) in [5.41, 5.74) is 2.93. The number of fused-ring (bicyclic) bond motifs is 1. The first-order valence-electron chi connectivity index (χ1n) is 8.29. The van der Waals surface area contributed by atoms with Crippen molar-refractivity contribution in [2.24, 2.45) is 0 Å². The monoisotopic (exact) mass is 368 g/mol. The Kier molecular flexibility index (Phi) is 4.30. The van der Waals surface area contributed by atoms with E-state index in [-0.39, 0.29) is 12.1 Å². The fourth-order valence-corrected chi connectivity index (χ4v) is 3.34. The summed E-state index contributed by atoms with van der Waals surface area (Å²) in [6.07, 6.45) is 0. The maximum absolute atomic E-state index is 12.7. The Hall–Kier alpha value is -2.93. The molecule has 1 N–H and O–H groups in total. The molecule has 2 amide bonds. The van der Waals surface area contributed by atoms with E-state index in [4.69, 9.17) is 11.6 Å². The molecule has 0 bridgehead atoms. The van der Waals surface area contributed by atoms with Crippen LogP contribution in [0.3, 0.4) is 0 Å². The van der Waals surface area contributed by atoms with Gasteiger partial charge in [0.15, 0.2) is 5.82 Å². The van der Waals surface area contributed by atoms with Gasteiger partial charge in [-0.2, -0.15) is 4.68 Å². The van der Waals surface area contributed by atoms with Crippen LogP contribution in [0.25, 0.3) is 5.69 Å². The minimum atomic E-state index is -0.350. The molecule has 1 aromatic heterocycles. The van der Waals surface area contributed by atoms with E-state index in [0.717, 1.165) is 16.8 Å². The molecule has 1 aliphatic heterocycles. The van der Waals surface area contributed by atoms with E-state index < -0.39 is 0 Å². The summed E-state index contributed by atoms with van der Waals surface area (Å²) in [5.74, 6) is 0.569. The zero-order valence-corrected chi connectivity index (χ0v) is 14.9. The Bertz CT molecular complexity index is 942. The molecule has 26 heavy (non-hydrogen) atoms. The number of hydrogen-bond donors (Lipinski definition) is 1. The van der Waals surface area contributed by atoms with Crippen LogP contribution in [0.15, 0.2) is 48.5 Å². The second kappa shape index (κ2) is 6.76. The molecule has 0 aliphatic carbocycles. The van der Waals surface area contributed by atoms with Gasteiger partial charge in [-0.15, -0.1) is 5.10 Å². The van der Waals surface area contributed by atoms with Crippen LogP contribution in [0.4, 0.5) is 4.79 Å². The van der Waals surface area contributed by atoms with Gasteiger partial charge in [0.2, 0.25) is 0 Å². The summed E-state index contributed by atoms with van der Waals surface area (Å²) < 4.78 is 1.63. The van der Waals surface area contributed by atoms with Gasteiger partial charge in [0.05, 0.1) is 11.7 Å². The van der Waals surface area contributed by atoms with Crippen molar-refractivity contribution in [3.8, 4) is 5.69 Å². The van der Waals surface area contributed by atoms with Gasteiger partial charge in [-0.25, -0.2) is 4.79 Å². The number of halogens is 1. The fourth-order valence-electron chi connectivity index (χ4n) is 3.08. The van der Waals surface area contributed by atoms with Crippen molar-refractivity contribution in [2.75, 3.05) is 0 Å². The highest BCUT2D eigenvalue weighted by molar-refractivity contribution is 6.31. The van der Waals surface area contributed by atoms with Gasteiger partial charge in [0.25, 0.3) is 0 Å². The second-order valence-corrected chi connectivity index (χ2v) is 6.60. The Balaban J connectivity index is 1.48. The molecule has 0 saturated heterocycles. The molecule has 1 atom stereocenters. The molecule has 132 valence electrons. The van der Waals surface area contributed by atoms with Crippen LogP contribution in [0, 0.1) is 0 Å². The molecule has 0 spiro atoms. The summed E-state index contributed by atoms with van der Waals surface area (Å²) in [5, 5.41) is 15.5. The van der Waals surface area contributed by atoms with Crippen molar-refractivity contribution in [1.29, 1.82) is 0 Å². The van der Waals surface area contributed by atoms with Gasteiger partial charge in [0.1, 0.15) is 0 Å². The first-order valence-corrected chi connectivity index (χ1v) is 8.66. The van der Waals surface area contributed by atoms with Crippen LogP contribution >= 0.6 is 11.6 Å². The van der Waals surface area contributed by atoms with Crippen LogP contribution in [0.5, 0.6) is 0 Å². The lowest BCUT2D eigenvalue weighted by molar-refractivity contribution is 0.194. The maximum atomic E-state index is 12.7. The standard InChI is InChI=1S/C18H17ClN6O/c1-12(17-21-22-23-25(17)14-7-3-2-4-8-14)20-18(26)24-10-13-6-5-9-16(19)15(13)11-24/h2-9,12H,10-11H2,1H3,(H,20,26). The summed E-state index contributed by atoms with van der Waals surface area (Å²) in [7, 11) is 0. The Morgan fingerprint density at radius 3 is 2.73 bits per heavy atom. The van der Waals surface area contributed by atoms with E-state index in [1.165, 1.54) is 0 Å². The van der Waals surface area contributed by atoms with Crippen LogP contribution in [0.2, 0.25) is 5.02 Å². The molecule has 0 fully saturated rings. The number of carbonyl (C=O) groups excluding carboxylic acids is 1. The molecule has 2 aromatic carbocycles. The van der Waals surface area contributed by atoms with E-state index >= 15 is 0 Å². The van der Waals surface area contributed by atoms with Crippen molar-refractivity contribution >= 4 is 17.6 Å². The number of tetrazole rings is 1. The third kappa shape index (κ3) is 3.01. The lowest BCUT2D eigenvalue weighted by Gasteiger charge is -2.20. The summed E-state index contributed by atoms with van der Waals surface area (Å²) >= 11 is 6.23. The molecule has 3 aromatic rings. The molecule has 1 aliphatic rings. The van der Waals surface area contributed by atoms with Gasteiger partial charge in [0, 0.05) is 18.1 Å². The molecule has 2 heterocycles. The smallest absolute Gasteiger partial charge is 0.318 e. The van der Waals surface area contributed by atoms with Crippen molar-refractivity contribution in [2.45, 2.75) is 26.1 Å². The van der Waals surface area contributed by atoms with Crippen LogP contribution < -0.4 is 5.32 Å². The van der Waals surface area contributed by atoms with Crippen LogP contribution in [-0.4, -0.2) is 31.1 Å². The molecule has 1 unspecified atom stereocenters. The zero-order valence-electron chi connectivity index (χ0n) is 14.1. The highest BCUT2D eigenvalue weighted by Crippen LogP contribution is 2.29. The number of urea groups is 1. The number of carbonyl (C=O) groups is 1. The summed E-state index contributed by atoms with van der Waals surface area (Å²) in [6, 6.07) is 14.8. The number of nitrogens with zero attached hydrogens (tertiary/aromatic N) is 5. The summed E-state index contributed by atoms with van der Waals surface area (Å²) in [6.45, 7) is 2.90. The molecule has 8 heteroatoms. The van der Waals surface area contributed by atoms with Gasteiger partial charge < -0.3 is 10.2 Å². The van der Waals surface area contributed by atoms with E-state index in [1.54, 1.807) is 9.58 Å². The van der Waals surface area contributed by atoms with E-state index in [9.17, 15) is 4.79 Å². The number of rotatable bonds is 3. The topological polar surface area (TPSA) is 75.9 Å². The van der Waals surface area contributed by atoms with Crippen molar-refractivity contribution in [3.63, 3.8) is 0 Å². The highest BCUT2D eigenvalue weighted by Gasteiger charge is 2.27. The minimum absolute atomic E-state index is 0.174. The number of aromatic nitrogens is 4. The highest BCUT2D eigenvalue weighted by atomic mass is 35.5. The maximum Gasteiger partial charge on any atom is 0.318 e. The minimum Gasteiger partial charge on any atom is -0.328 e. The van der Waals surface area contributed by atoms with Crippen LogP contribution in [-0.2, 0) is 13.1 Å². The normalized spacial score (nSPS) is 14.2. The number of para-hydroxylation sites is 1. The second-order valence-electron chi connectivity index (χ2n) is 6.19. The van der Waals surface area contributed by atoms with Gasteiger partial charge in [-0.3, -0.25) is 0 Å². The number of amides is 2. The fraction of sp³-hybridized carbons (Fsp3) is 0.222. The van der Waals surface area contributed by atoms with Crippen molar-refractivity contribution < 1.29 is 4.79 Å². The Morgan fingerprint density at radius 1 is 1.15 bits per heavy atom. The third-order valence-electron chi connectivity index (χ3n) is 4.43. The number of hydrogen-bond acceptors (Lipinski definition) is 4. The van der Waals surface area contributed by atoms with Gasteiger partial charge >= 0.3 is 6.03 Å². The first-order chi connectivity index (χ1) is 12.6.